The predicted molar refractivity (Wildman–Crippen MR) is 284 cm³/mol. The van der Waals surface area contributed by atoms with E-state index in [1.165, 1.54) is 40.3 Å². The van der Waals surface area contributed by atoms with Gasteiger partial charge in [-0.3, -0.25) is 39.0 Å². The molecule has 2 saturated heterocycles. The number of primary amides is 1. The molecule has 0 aliphatic carbocycles. The first-order valence-electron chi connectivity index (χ1n) is 25.6. The number of methoxy groups -OCH3 is 2. The van der Waals surface area contributed by atoms with Crippen LogP contribution in [0.3, 0.4) is 0 Å². The zero-order valence-electron chi connectivity index (χ0n) is 46.0. The van der Waals surface area contributed by atoms with Crippen molar-refractivity contribution in [2.75, 3.05) is 47.9 Å². The van der Waals surface area contributed by atoms with Gasteiger partial charge >= 0.3 is 18.1 Å². The van der Waals surface area contributed by atoms with Crippen molar-refractivity contribution in [3.8, 4) is 5.75 Å². The van der Waals surface area contributed by atoms with Crippen LogP contribution in [0.4, 0.5) is 9.59 Å². The number of cyclic esters (lactones) is 1. The molecule has 3 aliphatic rings. The van der Waals surface area contributed by atoms with Gasteiger partial charge in [0.2, 0.25) is 23.6 Å². The molecule has 2 fully saturated rings. The van der Waals surface area contributed by atoms with Crippen molar-refractivity contribution >= 4 is 65.1 Å². The summed E-state index contributed by atoms with van der Waals surface area (Å²) in [5.41, 5.74) is 3.53. The predicted octanol–water partition coefficient (Wildman–Crippen LogP) is 3.09. The van der Waals surface area contributed by atoms with E-state index in [2.05, 4.69) is 26.6 Å². The third-order valence-electron chi connectivity index (χ3n) is 13.4. The number of likely N-dealkylation sites (N-methyl/N-ethyl adjacent to an activating group) is 1. The van der Waals surface area contributed by atoms with E-state index in [0.717, 1.165) is 27.4 Å². The highest BCUT2D eigenvalue weighted by molar-refractivity contribution is 6.32. The van der Waals surface area contributed by atoms with Gasteiger partial charge in [0.05, 0.1) is 31.2 Å². The Morgan fingerprint density at radius 2 is 1.70 bits per heavy atom. The number of carbonyl (C=O) groups is 9. The minimum atomic E-state index is -1.90. The van der Waals surface area contributed by atoms with Gasteiger partial charge in [-0.2, -0.15) is 0 Å². The lowest BCUT2D eigenvalue weighted by atomic mass is 9.83. The number of esters is 1. The molecule has 3 aliphatic heterocycles. The number of amides is 9. The zero-order chi connectivity index (χ0) is 57.8. The lowest BCUT2D eigenvalue weighted by Gasteiger charge is -2.42. The number of nitrogens with two attached hydrogens (primary N) is 1. The number of benzene rings is 1. The van der Waals surface area contributed by atoms with E-state index in [4.69, 9.17) is 41.0 Å². The number of nitrogens with one attached hydrogen (secondary N) is 5. The normalized spacial score (nSPS) is 21.8. The summed E-state index contributed by atoms with van der Waals surface area (Å²) in [6.07, 6.45) is 5.68. The van der Waals surface area contributed by atoms with Crippen LogP contribution in [-0.2, 0) is 58.9 Å². The van der Waals surface area contributed by atoms with Crippen molar-refractivity contribution in [1.29, 1.82) is 0 Å². The summed E-state index contributed by atoms with van der Waals surface area (Å²) >= 11 is 6.17. The number of hydrogen-bond acceptors (Lipinski definition) is 15. The van der Waals surface area contributed by atoms with Crippen LogP contribution < -0.4 is 37.1 Å². The van der Waals surface area contributed by atoms with E-state index in [0.29, 0.717) is 43.0 Å². The Labute approximate surface area is 455 Å². The smallest absolute Gasteiger partial charge is 0.409 e. The molecule has 9 unspecified atom stereocenters. The summed E-state index contributed by atoms with van der Waals surface area (Å²) < 4.78 is 28.7. The first-order valence-corrected chi connectivity index (χ1v) is 26.0. The molecular formula is C53H79ClN8O15. The Morgan fingerprint density at radius 1 is 1.03 bits per heavy atom. The fraction of sp³-hybridized carbons (Fsp3) is 0.604. The minimum Gasteiger partial charge on any atom is -0.495 e. The van der Waals surface area contributed by atoms with Gasteiger partial charge in [0.15, 0.2) is 5.72 Å². The molecule has 0 saturated carbocycles. The first kappa shape index (κ1) is 64.7. The number of aliphatic hydroxyl groups is 1. The van der Waals surface area contributed by atoms with Gasteiger partial charge in [-0.25, -0.2) is 14.4 Å². The van der Waals surface area contributed by atoms with E-state index in [9.17, 15) is 48.3 Å². The summed E-state index contributed by atoms with van der Waals surface area (Å²) in [7, 11) is 5.72. The second-order valence-corrected chi connectivity index (χ2v) is 20.1. The van der Waals surface area contributed by atoms with E-state index in [1.807, 2.05) is 32.1 Å². The van der Waals surface area contributed by atoms with E-state index >= 15 is 0 Å². The van der Waals surface area contributed by atoms with E-state index in [1.54, 1.807) is 53.0 Å². The van der Waals surface area contributed by atoms with Crippen LogP contribution in [0.1, 0.15) is 99.0 Å². The summed E-state index contributed by atoms with van der Waals surface area (Å²) in [5.74, 6) is -4.06. The Morgan fingerprint density at radius 3 is 2.29 bits per heavy atom. The van der Waals surface area contributed by atoms with E-state index in [-0.39, 0.29) is 49.4 Å². The second kappa shape index (κ2) is 30.4. The average Bonchev–Trinajstić information content (AvgIpc) is 3.99. The van der Waals surface area contributed by atoms with Crippen molar-refractivity contribution in [2.24, 2.45) is 17.6 Å². The summed E-state index contributed by atoms with van der Waals surface area (Å²) in [6.45, 7) is 12.6. The number of urea groups is 1. The minimum absolute atomic E-state index is 0.105. The number of allylic oxidation sites excluding steroid dienone is 3. The molecule has 1 aromatic rings. The molecule has 9 amide bonds. The summed E-state index contributed by atoms with van der Waals surface area (Å²) in [6, 6.07) is 2.92. The highest BCUT2D eigenvalue weighted by atomic mass is 35.5. The van der Waals surface area contributed by atoms with Gasteiger partial charge in [-0.1, -0.05) is 75.6 Å². The summed E-state index contributed by atoms with van der Waals surface area (Å²) in [5, 5.41) is 25.0. The van der Waals surface area contributed by atoms with Gasteiger partial charge < -0.3 is 60.7 Å². The van der Waals surface area contributed by atoms with Crippen LogP contribution >= 0.6 is 11.6 Å². The fourth-order valence-electron chi connectivity index (χ4n) is 8.55. The van der Waals surface area contributed by atoms with Crippen molar-refractivity contribution in [3.63, 3.8) is 0 Å². The SMILES string of the molecule is CCCNC(N)=O.CNC(=O)CC(OC(=O)C(C)N(C)C(=O)CNC(=O)C(NC(=O)CCCCCN1C(=O)C=CC1=O)C(C)C)C1(C)OC1C(C)C1CC(O)(C(/C=C/C=C(\C)Cc2ccc(Cl)c(OC)c2)OC)NC(=O)O1. The highest BCUT2D eigenvalue weighted by Gasteiger charge is 2.64. The highest BCUT2D eigenvalue weighted by Crippen LogP contribution is 2.49. The number of imide groups is 1. The Bertz CT molecular complexity index is 2350. The molecule has 9 atom stereocenters. The number of unbranched alkanes of at least 4 members (excludes halogenated alkanes) is 2. The number of nitrogens with zero attached hydrogens (tertiary/aromatic N) is 2. The van der Waals surface area contributed by atoms with Crippen LogP contribution in [0.2, 0.25) is 5.02 Å². The molecule has 24 heteroatoms. The molecule has 0 spiro atoms. The van der Waals surface area contributed by atoms with Crippen molar-refractivity contribution in [3.05, 3.63) is 64.7 Å². The maximum Gasteiger partial charge on any atom is 0.409 e. The van der Waals surface area contributed by atoms with Gasteiger partial charge in [-0.15, -0.1) is 0 Å². The molecule has 77 heavy (non-hydrogen) atoms. The molecular weight excluding hydrogens is 1020 g/mol. The molecule has 0 aromatic heterocycles. The topological polar surface area (TPSA) is 316 Å². The van der Waals surface area contributed by atoms with Crippen LogP contribution in [0.25, 0.3) is 0 Å². The molecule has 8 N–H and O–H groups in total. The molecule has 4 rings (SSSR count). The van der Waals surface area contributed by atoms with Gasteiger partial charge in [0, 0.05) is 65.2 Å². The Hall–Kier alpha value is -6.56. The van der Waals surface area contributed by atoms with E-state index < -0.39 is 96.1 Å². The third-order valence-corrected chi connectivity index (χ3v) is 13.7. The monoisotopic (exact) mass is 1100 g/mol. The number of epoxide rings is 1. The first-order chi connectivity index (χ1) is 36.2. The quantitative estimate of drug-likeness (QED) is 0.0209. The fourth-order valence-corrected chi connectivity index (χ4v) is 8.74. The molecule has 0 bridgehead atoms. The number of carbonyl (C=O) groups excluding carboxylic acids is 9. The van der Waals surface area contributed by atoms with Crippen molar-refractivity contribution < 1.29 is 71.9 Å². The van der Waals surface area contributed by atoms with Crippen molar-refractivity contribution in [1.82, 2.24) is 36.4 Å². The number of rotatable bonds is 28. The second-order valence-electron chi connectivity index (χ2n) is 19.7. The van der Waals surface area contributed by atoms with Crippen molar-refractivity contribution in [2.45, 2.75) is 148 Å². The van der Waals surface area contributed by atoms with Crippen LogP contribution in [0.5, 0.6) is 5.75 Å². The molecule has 0 radical (unpaired) electrons. The third kappa shape index (κ3) is 19.4. The maximum absolute atomic E-state index is 13.7. The van der Waals surface area contributed by atoms with Crippen LogP contribution in [0, 0.1) is 11.8 Å². The molecule has 23 nitrogen and oxygen atoms in total. The maximum atomic E-state index is 13.7. The average molecular weight is 1100 g/mol. The van der Waals surface area contributed by atoms with Gasteiger partial charge in [0.25, 0.3) is 11.8 Å². The number of ether oxygens (including phenoxy) is 5. The number of alkyl carbamates (subject to hydrolysis) is 1. The number of hydrogen-bond donors (Lipinski definition) is 7. The molecule has 428 valence electrons. The molecule has 1 aromatic carbocycles. The summed E-state index contributed by atoms with van der Waals surface area (Å²) in [4.78, 5) is 114. The van der Waals surface area contributed by atoms with Crippen LogP contribution in [-0.4, -0.2) is 164 Å². The lowest BCUT2D eigenvalue weighted by Crippen LogP contribution is -2.63. The Balaban J connectivity index is 0.00000208. The largest absolute Gasteiger partial charge is 0.495 e. The van der Waals surface area contributed by atoms with Crippen LogP contribution in [0.15, 0.2) is 54.2 Å². The standard InChI is InChI=1S/C49H69ClN6O14.C4H10N2O/c1-28(2)43(53-38(57)17-12-11-13-22-56-40(59)20-21-41(56)60)45(62)52-27-42(61)55(8)31(5)46(63)69-37(25-39(58)51-7)48(6)44(70-48)30(4)35-26-49(65,54-47(64)68-35)36(67-10)16-14-15-29(3)23-32-18-19-33(50)34(24-32)66-9;1-2-3-6-4(5)7/h14-16,18-21,24,28,30-31,35-37,43-44,65H,11-13,17,22-23,25-27H2,1-10H3,(H,51,58)(H,52,62)(H,53,57)(H,54,64);2-3H2,1H3,(H3,5,6,7)/b16-14+,29-15+;. The van der Waals surface area contributed by atoms with Gasteiger partial charge in [-0.05, 0) is 70.1 Å². The Kier molecular flexibility index (Phi) is 25.6. The zero-order valence-corrected chi connectivity index (χ0v) is 46.8. The molecule has 3 heterocycles. The number of halogens is 1. The van der Waals surface area contributed by atoms with Gasteiger partial charge in [0.1, 0.15) is 41.7 Å². The lowest BCUT2D eigenvalue weighted by molar-refractivity contribution is -0.162.